The molecule has 2 aromatic rings. The van der Waals surface area contributed by atoms with Gasteiger partial charge in [0.25, 0.3) is 0 Å². The fraction of sp³-hybridized carbons (Fsp3) is 0.308. The van der Waals surface area contributed by atoms with Crippen LogP contribution in [0.2, 0.25) is 5.15 Å². The molecule has 0 aliphatic heterocycles. The number of hydrogen-bond donors (Lipinski definition) is 1. The minimum Gasteiger partial charge on any atom is -0.477 e. The van der Waals surface area contributed by atoms with Crippen molar-refractivity contribution in [3.63, 3.8) is 0 Å². The predicted molar refractivity (Wildman–Crippen MR) is 73.3 cm³/mol. The molecular formula is C13H13ClN2O4. The molecule has 2 rings (SSSR count). The summed E-state index contributed by atoms with van der Waals surface area (Å²) >= 11 is 5.92. The smallest absolute Gasteiger partial charge is 0.419 e. The lowest BCUT2D eigenvalue weighted by Gasteiger charge is -2.20. The Morgan fingerprint density at radius 1 is 1.40 bits per heavy atom. The first-order chi connectivity index (χ1) is 9.20. The number of hydrogen-bond acceptors (Lipinski definition) is 4. The molecule has 0 unspecified atom stereocenters. The van der Waals surface area contributed by atoms with Gasteiger partial charge in [0, 0.05) is 11.6 Å². The quantitative estimate of drug-likeness (QED) is 0.817. The third-order valence-electron chi connectivity index (χ3n) is 2.48. The Morgan fingerprint density at radius 3 is 2.60 bits per heavy atom. The molecule has 0 atom stereocenters. The number of pyridine rings is 1. The van der Waals surface area contributed by atoms with Gasteiger partial charge in [0.15, 0.2) is 0 Å². The molecular weight excluding hydrogens is 284 g/mol. The average molecular weight is 297 g/mol. The number of halogens is 1. The first-order valence-corrected chi connectivity index (χ1v) is 6.21. The summed E-state index contributed by atoms with van der Waals surface area (Å²) in [6.07, 6.45) is 0.629. The Hall–Kier alpha value is -2.08. The van der Waals surface area contributed by atoms with Crippen molar-refractivity contribution >= 4 is 34.6 Å². The third-order valence-corrected chi connectivity index (χ3v) is 2.78. The number of fused-ring (bicyclic) bond motifs is 1. The Morgan fingerprint density at radius 2 is 2.05 bits per heavy atom. The van der Waals surface area contributed by atoms with Crippen LogP contribution in [0.3, 0.4) is 0 Å². The van der Waals surface area contributed by atoms with Crippen molar-refractivity contribution in [3.8, 4) is 0 Å². The normalized spacial score (nSPS) is 11.6. The molecule has 2 heterocycles. The highest BCUT2D eigenvalue weighted by molar-refractivity contribution is 6.34. The molecule has 0 saturated heterocycles. The minimum atomic E-state index is -1.25. The lowest BCUT2D eigenvalue weighted by atomic mass is 10.2. The molecule has 0 bridgehead atoms. The zero-order chi connectivity index (χ0) is 15.1. The lowest BCUT2D eigenvalue weighted by Crippen LogP contribution is -2.28. The highest BCUT2D eigenvalue weighted by atomic mass is 35.5. The van der Waals surface area contributed by atoms with Crippen LogP contribution >= 0.6 is 11.6 Å². The first kappa shape index (κ1) is 14.3. The SMILES string of the molecule is CC(C)(C)OC(=O)n1c(C(=O)O)cc2c(Cl)nccc21. The molecule has 0 spiro atoms. The molecule has 106 valence electrons. The van der Waals surface area contributed by atoms with E-state index in [-0.39, 0.29) is 10.8 Å². The van der Waals surface area contributed by atoms with E-state index in [4.69, 9.17) is 16.3 Å². The van der Waals surface area contributed by atoms with Gasteiger partial charge >= 0.3 is 12.1 Å². The van der Waals surface area contributed by atoms with Gasteiger partial charge in [-0.25, -0.2) is 19.1 Å². The summed E-state index contributed by atoms with van der Waals surface area (Å²) in [6.45, 7) is 5.10. The molecule has 2 aromatic heterocycles. The van der Waals surface area contributed by atoms with E-state index < -0.39 is 17.7 Å². The van der Waals surface area contributed by atoms with E-state index >= 15 is 0 Å². The van der Waals surface area contributed by atoms with Crippen LogP contribution in [0, 0.1) is 0 Å². The number of rotatable bonds is 1. The molecule has 0 saturated carbocycles. The maximum absolute atomic E-state index is 12.2. The molecule has 20 heavy (non-hydrogen) atoms. The second-order valence-electron chi connectivity index (χ2n) is 5.19. The van der Waals surface area contributed by atoms with Crippen molar-refractivity contribution in [2.75, 3.05) is 0 Å². The largest absolute Gasteiger partial charge is 0.477 e. The highest BCUT2D eigenvalue weighted by Crippen LogP contribution is 2.26. The van der Waals surface area contributed by atoms with Crippen molar-refractivity contribution in [1.29, 1.82) is 0 Å². The summed E-state index contributed by atoms with van der Waals surface area (Å²) in [5.74, 6) is -1.25. The first-order valence-electron chi connectivity index (χ1n) is 5.83. The summed E-state index contributed by atoms with van der Waals surface area (Å²) in [6, 6.07) is 2.81. The Balaban J connectivity index is 2.67. The number of aromatic carboxylic acids is 1. The van der Waals surface area contributed by atoms with Crippen molar-refractivity contribution in [2.45, 2.75) is 26.4 Å². The summed E-state index contributed by atoms with van der Waals surface area (Å²) in [5.41, 5.74) is -0.610. The fourth-order valence-corrected chi connectivity index (χ4v) is 1.97. The highest BCUT2D eigenvalue weighted by Gasteiger charge is 2.25. The number of aromatic nitrogens is 2. The molecule has 0 aromatic carbocycles. The Labute approximate surface area is 119 Å². The fourth-order valence-electron chi connectivity index (χ4n) is 1.76. The molecule has 0 fully saturated rings. The van der Waals surface area contributed by atoms with E-state index in [1.165, 1.54) is 18.3 Å². The van der Waals surface area contributed by atoms with E-state index in [9.17, 15) is 14.7 Å². The van der Waals surface area contributed by atoms with Gasteiger partial charge in [-0.1, -0.05) is 11.6 Å². The molecule has 1 N–H and O–H groups in total. The minimum absolute atomic E-state index is 0.132. The summed E-state index contributed by atoms with van der Waals surface area (Å²) < 4.78 is 6.20. The van der Waals surface area contributed by atoms with Crippen LogP contribution in [0.25, 0.3) is 10.9 Å². The van der Waals surface area contributed by atoms with Crippen LogP contribution < -0.4 is 0 Å². The second kappa shape index (κ2) is 4.79. The van der Waals surface area contributed by atoms with Gasteiger partial charge < -0.3 is 9.84 Å². The average Bonchev–Trinajstić information content (AvgIpc) is 2.67. The van der Waals surface area contributed by atoms with E-state index in [2.05, 4.69) is 4.98 Å². The molecule has 7 heteroatoms. The number of nitrogens with zero attached hydrogens (tertiary/aromatic N) is 2. The number of carboxylic acid groups (broad SMARTS) is 1. The summed E-state index contributed by atoms with van der Waals surface area (Å²) in [5, 5.41) is 9.73. The lowest BCUT2D eigenvalue weighted by molar-refractivity contribution is 0.0513. The van der Waals surface area contributed by atoms with Gasteiger partial charge in [-0.3, -0.25) is 0 Å². The molecule has 0 aliphatic rings. The number of carbonyl (C=O) groups excluding carboxylic acids is 1. The molecule has 0 aliphatic carbocycles. The standard InChI is InChI=1S/C13H13ClN2O4/c1-13(2,3)20-12(19)16-8-4-5-15-10(14)7(8)6-9(16)11(17)18/h4-6H,1-3H3,(H,17,18). The van der Waals surface area contributed by atoms with Crippen LogP contribution in [0.4, 0.5) is 4.79 Å². The van der Waals surface area contributed by atoms with Gasteiger partial charge in [0.05, 0.1) is 5.52 Å². The monoisotopic (exact) mass is 296 g/mol. The van der Waals surface area contributed by atoms with E-state index in [1.54, 1.807) is 20.8 Å². The van der Waals surface area contributed by atoms with E-state index in [1.807, 2.05) is 0 Å². The zero-order valence-electron chi connectivity index (χ0n) is 11.2. The molecule has 0 radical (unpaired) electrons. The van der Waals surface area contributed by atoms with Crippen molar-refractivity contribution in [2.24, 2.45) is 0 Å². The van der Waals surface area contributed by atoms with Crippen molar-refractivity contribution < 1.29 is 19.4 Å². The van der Waals surface area contributed by atoms with Crippen LogP contribution in [0.1, 0.15) is 31.3 Å². The Kier molecular flexibility index (Phi) is 3.43. The molecule has 0 amide bonds. The second-order valence-corrected chi connectivity index (χ2v) is 5.54. The summed E-state index contributed by atoms with van der Waals surface area (Å²) in [4.78, 5) is 27.3. The third kappa shape index (κ3) is 2.60. The maximum Gasteiger partial charge on any atom is 0.419 e. The van der Waals surface area contributed by atoms with Crippen molar-refractivity contribution in [1.82, 2.24) is 9.55 Å². The van der Waals surface area contributed by atoms with Gasteiger partial charge in [-0.2, -0.15) is 0 Å². The van der Waals surface area contributed by atoms with Gasteiger partial charge in [-0.05, 0) is 32.9 Å². The maximum atomic E-state index is 12.2. The van der Waals surface area contributed by atoms with Gasteiger partial charge in [-0.15, -0.1) is 0 Å². The van der Waals surface area contributed by atoms with E-state index in [0.29, 0.717) is 10.9 Å². The topological polar surface area (TPSA) is 81.4 Å². The van der Waals surface area contributed by atoms with Crippen molar-refractivity contribution in [3.05, 3.63) is 29.2 Å². The van der Waals surface area contributed by atoms with Crippen LogP contribution in [0.5, 0.6) is 0 Å². The van der Waals surface area contributed by atoms with E-state index in [0.717, 1.165) is 4.57 Å². The summed E-state index contributed by atoms with van der Waals surface area (Å²) in [7, 11) is 0. The zero-order valence-corrected chi connectivity index (χ0v) is 11.9. The molecule has 6 nitrogen and oxygen atoms in total. The Bertz CT molecular complexity index is 700. The van der Waals surface area contributed by atoms with Crippen LogP contribution in [-0.4, -0.2) is 32.3 Å². The number of carbonyl (C=O) groups is 2. The predicted octanol–water partition coefficient (Wildman–Crippen LogP) is 3.17. The van der Waals surface area contributed by atoms with Crippen LogP contribution in [-0.2, 0) is 4.74 Å². The van der Waals surface area contributed by atoms with Crippen LogP contribution in [0.15, 0.2) is 18.3 Å². The number of ether oxygens (including phenoxy) is 1. The van der Waals surface area contributed by atoms with Gasteiger partial charge in [0.2, 0.25) is 0 Å². The van der Waals surface area contributed by atoms with Gasteiger partial charge in [0.1, 0.15) is 16.4 Å². The number of carboxylic acids is 1.